The van der Waals surface area contributed by atoms with Gasteiger partial charge in [0.15, 0.2) is 5.82 Å². The highest BCUT2D eigenvalue weighted by Gasteiger charge is 2.34. The van der Waals surface area contributed by atoms with Crippen molar-refractivity contribution in [2.45, 2.75) is 43.8 Å². The number of nitrogens with two attached hydrogens (primary N) is 1. The van der Waals surface area contributed by atoms with E-state index in [4.69, 9.17) is 5.73 Å². The van der Waals surface area contributed by atoms with E-state index in [1.807, 2.05) is 12.1 Å². The molecule has 0 bridgehead atoms. The zero-order valence-corrected chi connectivity index (χ0v) is 16.3. The van der Waals surface area contributed by atoms with Crippen molar-refractivity contribution >= 4 is 23.4 Å². The van der Waals surface area contributed by atoms with Crippen LogP contribution < -0.4 is 21.7 Å². The van der Waals surface area contributed by atoms with Gasteiger partial charge in [-0.1, -0.05) is 18.2 Å². The van der Waals surface area contributed by atoms with Crippen LogP contribution >= 0.6 is 0 Å². The lowest BCUT2D eigenvalue weighted by Gasteiger charge is -2.37. The van der Waals surface area contributed by atoms with E-state index < -0.39 is 11.7 Å². The van der Waals surface area contributed by atoms with E-state index in [9.17, 15) is 18.8 Å². The molecule has 1 heterocycles. The number of anilines is 1. The summed E-state index contributed by atoms with van der Waals surface area (Å²) in [6.07, 6.45) is 2.69. The van der Waals surface area contributed by atoms with Gasteiger partial charge in [0.2, 0.25) is 5.91 Å². The molecule has 7 nitrogen and oxygen atoms in total. The molecule has 3 amide bonds. The molecule has 2 aromatic carbocycles. The number of carbonyl (C=O) groups is 3. The molecule has 5 N–H and O–H groups in total. The highest BCUT2D eigenvalue weighted by molar-refractivity contribution is 5.96. The van der Waals surface area contributed by atoms with Gasteiger partial charge in [-0.3, -0.25) is 14.4 Å². The van der Waals surface area contributed by atoms with E-state index in [1.54, 1.807) is 12.1 Å². The van der Waals surface area contributed by atoms with Crippen molar-refractivity contribution < 1.29 is 18.8 Å². The number of carbonyl (C=O) groups excluding carboxylic acids is 3. The molecule has 1 aliphatic carbocycles. The fourth-order valence-corrected chi connectivity index (χ4v) is 3.80. The molecule has 4 rings (SSSR count). The minimum atomic E-state index is -0.742. The van der Waals surface area contributed by atoms with Gasteiger partial charge >= 0.3 is 0 Å². The topological polar surface area (TPSA) is 113 Å². The molecule has 2 aromatic rings. The third kappa shape index (κ3) is 3.98. The van der Waals surface area contributed by atoms with E-state index in [-0.39, 0.29) is 41.2 Å². The molecule has 0 aromatic heterocycles. The van der Waals surface area contributed by atoms with Crippen LogP contribution in [-0.2, 0) is 4.79 Å². The highest BCUT2D eigenvalue weighted by Crippen LogP contribution is 2.25. The molecule has 156 valence electrons. The van der Waals surface area contributed by atoms with E-state index in [1.165, 1.54) is 18.2 Å². The maximum Gasteiger partial charge on any atom is 0.254 e. The van der Waals surface area contributed by atoms with E-state index in [2.05, 4.69) is 16.0 Å². The van der Waals surface area contributed by atoms with E-state index in [0.29, 0.717) is 18.4 Å². The van der Waals surface area contributed by atoms with Crippen LogP contribution in [-0.4, -0.2) is 29.8 Å². The predicted molar refractivity (Wildman–Crippen MR) is 109 cm³/mol. The molecular formula is C22H23FN4O3. The Kier molecular flexibility index (Phi) is 5.39. The van der Waals surface area contributed by atoms with Crippen LogP contribution in [0.2, 0.25) is 0 Å². The van der Waals surface area contributed by atoms with Gasteiger partial charge in [-0.2, -0.15) is 0 Å². The Morgan fingerprint density at radius 1 is 0.967 bits per heavy atom. The Hall–Kier alpha value is -3.42. The number of hydrogen-bond acceptors (Lipinski definition) is 4. The van der Waals surface area contributed by atoms with Crippen molar-refractivity contribution in [1.82, 2.24) is 16.0 Å². The fourth-order valence-electron chi connectivity index (χ4n) is 3.80. The Bertz CT molecular complexity index is 992. The zero-order chi connectivity index (χ0) is 21.3. The summed E-state index contributed by atoms with van der Waals surface area (Å²) in [5, 5.41) is 8.59. The monoisotopic (exact) mass is 410 g/mol. The quantitative estimate of drug-likeness (QED) is 0.565. The van der Waals surface area contributed by atoms with Crippen LogP contribution in [0.5, 0.6) is 0 Å². The number of halogens is 1. The SMILES string of the molecule is Nc1cccc(C(=O)N[C@@H]2CC[C@@H]2NC(=O)c2ccc(C3CCC(=O)N3)cc2)c1F. The second-order valence-corrected chi connectivity index (χ2v) is 7.73. The van der Waals surface area contributed by atoms with Crippen molar-refractivity contribution in [3.8, 4) is 0 Å². The predicted octanol–water partition coefficient (Wildman–Crippen LogP) is 2.05. The van der Waals surface area contributed by atoms with Crippen LogP contribution in [0, 0.1) is 5.82 Å². The van der Waals surface area contributed by atoms with Gasteiger partial charge in [0.05, 0.1) is 17.3 Å². The highest BCUT2D eigenvalue weighted by atomic mass is 19.1. The number of amides is 3. The fraction of sp³-hybridized carbons (Fsp3) is 0.318. The van der Waals surface area contributed by atoms with E-state index >= 15 is 0 Å². The second-order valence-electron chi connectivity index (χ2n) is 7.73. The van der Waals surface area contributed by atoms with E-state index in [0.717, 1.165) is 18.4 Å². The van der Waals surface area contributed by atoms with Crippen molar-refractivity contribution in [1.29, 1.82) is 0 Å². The van der Waals surface area contributed by atoms with Crippen LogP contribution in [0.25, 0.3) is 0 Å². The molecule has 2 fully saturated rings. The minimum Gasteiger partial charge on any atom is -0.396 e. The first kappa shape index (κ1) is 19.9. The average Bonchev–Trinajstić information content (AvgIpc) is 3.17. The molecule has 30 heavy (non-hydrogen) atoms. The number of nitrogen functional groups attached to an aromatic ring is 1. The third-order valence-corrected chi connectivity index (χ3v) is 5.75. The molecule has 0 spiro atoms. The van der Waals surface area contributed by atoms with Crippen LogP contribution in [0.1, 0.15) is 58.0 Å². The second kappa shape index (κ2) is 8.14. The zero-order valence-electron chi connectivity index (χ0n) is 16.3. The van der Waals surface area contributed by atoms with Gasteiger partial charge in [-0.25, -0.2) is 4.39 Å². The minimum absolute atomic E-state index is 0.00625. The molecule has 3 atom stereocenters. The number of hydrogen-bond donors (Lipinski definition) is 4. The number of rotatable bonds is 5. The summed E-state index contributed by atoms with van der Waals surface area (Å²) in [5.74, 6) is -1.49. The Morgan fingerprint density at radius 3 is 2.23 bits per heavy atom. The smallest absolute Gasteiger partial charge is 0.254 e. The molecule has 1 aliphatic heterocycles. The van der Waals surface area contributed by atoms with Crippen molar-refractivity contribution in [3.63, 3.8) is 0 Å². The van der Waals surface area contributed by atoms with Gasteiger partial charge in [0.25, 0.3) is 11.8 Å². The first-order valence-corrected chi connectivity index (χ1v) is 9.97. The summed E-state index contributed by atoms with van der Waals surface area (Å²) >= 11 is 0. The van der Waals surface area contributed by atoms with Gasteiger partial charge in [0, 0.05) is 24.1 Å². The van der Waals surface area contributed by atoms with Crippen molar-refractivity contribution in [2.75, 3.05) is 5.73 Å². The largest absolute Gasteiger partial charge is 0.396 e. The summed E-state index contributed by atoms with van der Waals surface area (Å²) in [6.45, 7) is 0. The van der Waals surface area contributed by atoms with Crippen LogP contribution in [0.3, 0.4) is 0 Å². The third-order valence-electron chi connectivity index (χ3n) is 5.75. The van der Waals surface area contributed by atoms with Crippen LogP contribution in [0.4, 0.5) is 10.1 Å². The standard InChI is InChI=1S/C22H23FN4O3/c23-20-14(2-1-3-15(20)24)22(30)27-18-9-8-17(18)26-21(29)13-6-4-12(5-7-13)16-10-11-19(28)25-16/h1-7,16-18H,8-11,24H2,(H,25,28)(H,26,29)(H,27,30)/t16?,17-,18+/m0/s1. The lowest BCUT2D eigenvalue weighted by Crippen LogP contribution is -2.58. The first-order valence-electron chi connectivity index (χ1n) is 9.97. The molecule has 8 heteroatoms. The Labute approximate surface area is 173 Å². The lowest BCUT2D eigenvalue weighted by molar-refractivity contribution is -0.119. The summed E-state index contributed by atoms with van der Waals surface area (Å²) in [5.41, 5.74) is 6.80. The summed E-state index contributed by atoms with van der Waals surface area (Å²) < 4.78 is 14.0. The summed E-state index contributed by atoms with van der Waals surface area (Å²) in [7, 11) is 0. The maximum absolute atomic E-state index is 14.0. The average molecular weight is 410 g/mol. The normalized spacial score (nSPS) is 22.7. The van der Waals surface area contributed by atoms with Crippen LogP contribution in [0.15, 0.2) is 42.5 Å². The lowest BCUT2D eigenvalue weighted by atomic mass is 9.85. The Balaban J connectivity index is 1.34. The Morgan fingerprint density at radius 2 is 1.63 bits per heavy atom. The molecule has 0 radical (unpaired) electrons. The molecule has 2 aliphatic rings. The van der Waals surface area contributed by atoms with Gasteiger partial charge in [-0.15, -0.1) is 0 Å². The summed E-state index contributed by atoms with van der Waals surface area (Å²) in [4.78, 5) is 36.3. The molecule has 1 unspecified atom stereocenters. The summed E-state index contributed by atoms with van der Waals surface area (Å²) in [6, 6.07) is 10.9. The van der Waals surface area contributed by atoms with Gasteiger partial charge in [0.1, 0.15) is 0 Å². The first-order chi connectivity index (χ1) is 14.4. The van der Waals surface area contributed by atoms with Crippen molar-refractivity contribution in [2.24, 2.45) is 0 Å². The molecule has 1 saturated carbocycles. The molecule has 1 saturated heterocycles. The van der Waals surface area contributed by atoms with Crippen molar-refractivity contribution in [3.05, 3.63) is 65.0 Å². The molecular weight excluding hydrogens is 387 g/mol. The van der Waals surface area contributed by atoms with Gasteiger partial charge < -0.3 is 21.7 Å². The number of nitrogens with one attached hydrogen (secondary N) is 3. The van der Waals surface area contributed by atoms with Gasteiger partial charge in [-0.05, 0) is 49.1 Å². The number of benzene rings is 2. The maximum atomic E-state index is 14.0.